The summed E-state index contributed by atoms with van der Waals surface area (Å²) in [5.74, 6) is 0.948. The van der Waals surface area contributed by atoms with Gasteiger partial charge in [-0.2, -0.15) is 0 Å². The number of fused-ring (bicyclic) bond motifs is 26. The molecule has 578 valence electrons. The van der Waals surface area contributed by atoms with Crippen molar-refractivity contribution < 1.29 is 0 Å². The minimum atomic E-state index is -0.0828. The lowest BCUT2D eigenvalue weighted by Crippen LogP contribution is -2.15. The van der Waals surface area contributed by atoms with Crippen molar-refractivity contribution in [1.29, 1.82) is 0 Å². The van der Waals surface area contributed by atoms with E-state index in [-0.39, 0.29) is 16.2 Å². The van der Waals surface area contributed by atoms with Crippen LogP contribution in [-0.2, 0) is 16.2 Å². The van der Waals surface area contributed by atoms with E-state index in [1.54, 1.807) is 0 Å². The van der Waals surface area contributed by atoms with E-state index >= 15 is 0 Å². The summed E-state index contributed by atoms with van der Waals surface area (Å²) in [6.07, 6.45) is 5.97. The first-order valence-electron chi connectivity index (χ1n) is 42.2. The van der Waals surface area contributed by atoms with Crippen LogP contribution in [0.25, 0.3) is 194 Å². The normalized spacial score (nSPS) is 13.7. The van der Waals surface area contributed by atoms with Gasteiger partial charge >= 0.3 is 0 Å². The van der Waals surface area contributed by atoms with Crippen LogP contribution in [0.3, 0.4) is 0 Å². The average Bonchev–Trinajstić information content (AvgIpc) is 1.55. The van der Waals surface area contributed by atoms with Crippen molar-refractivity contribution in [3.63, 3.8) is 0 Å². The molecule has 23 aromatic rings. The van der Waals surface area contributed by atoms with Gasteiger partial charge in [-0.3, -0.25) is 9.55 Å². The maximum absolute atomic E-state index is 5.07. The maximum Gasteiger partial charge on any atom is 0.145 e. The third-order valence-electron chi connectivity index (χ3n) is 26.7. The maximum atomic E-state index is 5.07. The van der Waals surface area contributed by atoms with Gasteiger partial charge in [0.05, 0.1) is 66.6 Å². The van der Waals surface area contributed by atoms with Crippen molar-refractivity contribution in [1.82, 2.24) is 42.6 Å². The fraction of sp³-hybridized carbons (Fsp3) is 0.0796. The standard InChI is InChI=1S/C40H29N3.C39H27N3.C34H25N3/c1-40(2)32-16-8-6-14-29(32)30-24-25-36-37(38(30)40)31-15-7-10-18-34(31)42(36)27-20-22-28(23-21-27)43-35-19-11-9-17-33(35)41-39(43)26-12-4-3-5-13-26;1-39(2)31-11-5-3-9-28(31)29-20-22-34-35(36(29)39)30-10-4-6-12-33(30)42(34)27-18-15-24(16-19-27)32-21-17-26-14-13-25-8-7-23-40-37(25)38(26)41-32;1-34(2)27-11-5-3-9-24(27)25-18-19-30-32(33(25)34)26-10-4-6-12-29(26)37(30)23-16-14-22(15-17-23)28-21-36-20-8-7-13-31(36)35-28/h3-25H,1-2H3;3-23H,1-2H3;3-21H,1-2H3. The van der Waals surface area contributed by atoms with Gasteiger partial charge in [0.15, 0.2) is 0 Å². The zero-order valence-electron chi connectivity index (χ0n) is 68.4. The summed E-state index contributed by atoms with van der Waals surface area (Å²) in [7, 11) is 0. The van der Waals surface area contributed by atoms with Gasteiger partial charge in [-0.25, -0.2) is 15.0 Å². The van der Waals surface area contributed by atoms with E-state index in [0.29, 0.717) is 0 Å². The van der Waals surface area contributed by atoms with Crippen LogP contribution in [0.1, 0.15) is 74.9 Å². The van der Waals surface area contributed by atoms with Crippen molar-refractivity contribution in [2.24, 2.45) is 0 Å². The molecule has 3 aliphatic rings. The van der Waals surface area contributed by atoms with Crippen LogP contribution in [0.2, 0.25) is 0 Å². The van der Waals surface area contributed by atoms with Crippen LogP contribution in [0, 0.1) is 0 Å². The molecule has 8 aromatic heterocycles. The molecule has 15 aromatic carbocycles. The minimum absolute atomic E-state index is 0.0621. The largest absolute Gasteiger partial charge is 0.309 e. The van der Waals surface area contributed by atoms with Gasteiger partial charge in [-0.05, 0) is 188 Å². The summed E-state index contributed by atoms with van der Waals surface area (Å²) in [4.78, 5) is 19.5. The Morgan fingerprint density at radius 1 is 0.254 bits per heavy atom. The van der Waals surface area contributed by atoms with Crippen LogP contribution in [0.15, 0.2) is 383 Å². The summed E-state index contributed by atoms with van der Waals surface area (Å²) in [6.45, 7) is 14.2. The molecule has 9 heteroatoms. The summed E-state index contributed by atoms with van der Waals surface area (Å²) < 4.78 is 11.6. The van der Waals surface area contributed by atoms with E-state index in [1.165, 1.54) is 132 Å². The smallest absolute Gasteiger partial charge is 0.145 e. The molecular formula is C113H81N9. The predicted octanol–water partition coefficient (Wildman–Crippen LogP) is 28.4. The number of para-hydroxylation sites is 5. The van der Waals surface area contributed by atoms with E-state index in [2.05, 4.69) is 409 Å². The van der Waals surface area contributed by atoms with Gasteiger partial charge in [0.1, 0.15) is 11.5 Å². The molecule has 26 rings (SSSR count). The first-order chi connectivity index (χ1) is 59.8. The molecule has 3 aliphatic carbocycles. The number of aromatic nitrogens is 9. The van der Waals surface area contributed by atoms with E-state index in [4.69, 9.17) is 15.0 Å². The number of imidazole rings is 2. The molecular weight excluding hydrogens is 1480 g/mol. The number of hydrogen-bond acceptors (Lipinski definition) is 4. The molecule has 0 radical (unpaired) electrons. The Kier molecular flexibility index (Phi) is 15.6. The lowest BCUT2D eigenvalue weighted by Gasteiger charge is -2.22. The second-order valence-corrected chi connectivity index (χ2v) is 34.5. The molecule has 122 heavy (non-hydrogen) atoms. The number of pyridine rings is 3. The summed E-state index contributed by atoms with van der Waals surface area (Å²) in [6, 6.07) is 131. The summed E-state index contributed by atoms with van der Waals surface area (Å²) in [5, 5.41) is 10.2. The monoisotopic (exact) mass is 1560 g/mol. The molecule has 0 saturated heterocycles. The van der Waals surface area contributed by atoms with Gasteiger partial charge in [-0.15, -0.1) is 0 Å². The van der Waals surface area contributed by atoms with Crippen molar-refractivity contribution in [2.45, 2.75) is 57.8 Å². The summed E-state index contributed by atoms with van der Waals surface area (Å²) >= 11 is 0. The molecule has 9 nitrogen and oxygen atoms in total. The highest BCUT2D eigenvalue weighted by Gasteiger charge is 2.41. The molecule has 0 spiro atoms. The van der Waals surface area contributed by atoms with Gasteiger partial charge in [0.25, 0.3) is 0 Å². The van der Waals surface area contributed by atoms with Crippen LogP contribution in [0.5, 0.6) is 0 Å². The van der Waals surface area contributed by atoms with E-state index in [9.17, 15) is 0 Å². The third kappa shape index (κ3) is 10.5. The molecule has 0 amide bonds. The van der Waals surface area contributed by atoms with Crippen molar-refractivity contribution >= 4 is 104 Å². The van der Waals surface area contributed by atoms with Crippen molar-refractivity contribution in [3.8, 4) is 90.0 Å². The number of hydrogen-bond donors (Lipinski definition) is 0. The number of nitrogens with zero attached hydrogens (tertiary/aromatic N) is 9. The Morgan fingerprint density at radius 3 is 1.15 bits per heavy atom. The van der Waals surface area contributed by atoms with E-state index < -0.39 is 0 Å². The Bertz CT molecular complexity index is 8230. The van der Waals surface area contributed by atoms with Crippen LogP contribution in [-0.4, -0.2) is 42.6 Å². The molecule has 0 atom stereocenters. The Labute approximate surface area is 705 Å². The van der Waals surface area contributed by atoms with Gasteiger partial charge in [0.2, 0.25) is 0 Å². The lowest BCUT2D eigenvalue weighted by molar-refractivity contribution is 0.666. The van der Waals surface area contributed by atoms with Crippen LogP contribution < -0.4 is 0 Å². The van der Waals surface area contributed by atoms with E-state index in [0.717, 1.165) is 95.1 Å². The highest BCUT2D eigenvalue weighted by Crippen LogP contribution is 2.57. The number of rotatable bonds is 7. The fourth-order valence-electron chi connectivity index (χ4n) is 21.2. The molecule has 0 N–H and O–H groups in total. The molecule has 0 aliphatic heterocycles. The highest BCUT2D eigenvalue weighted by molar-refractivity contribution is 6.17. The molecule has 0 bridgehead atoms. The molecule has 0 unspecified atom stereocenters. The first-order valence-corrected chi connectivity index (χ1v) is 42.2. The third-order valence-corrected chi connectivity index (χ3v) is 26.7. The van der Waals surface area contributed by atoms with Crippen molar-refractivity contribution in [2.75, 3.05) is 0 Å². The van der Waals surface area contributed by atoms with Gasteiger partial charge in [0, 0.05) is 117 Å². The second-order valence-electron chi connectivity index (χ2n) is 34.5. The quantitative estimate of drug-likeness (QED) is 0.149. The van der Waals surface area contributed by atoms with Gasteiger partial charge in [-0.1, -0.05) is 284 Å². The SMILES string of the molecule is CC1(C)c2ccccc2-c2ccc3c(c21)c1ccccc1n3-c1ccc(-c2ccc3ccc4cccnc4c3n2)cc1.CC1(C)c2ccccc2-c2ccc3c(c21)c1ccccc1n3-c1ccc(-c2cn3ccccc3n2)cc1.CC1(C)c2ccccc2-c2ccc3c(c21)c1ccccc1n3-c1ccc(-n2c(-c3ccccc3)nc3ccccc32)cc1. The average molecular weight is 1560 g/mol. The first kappa shape index (κ1) is 70.8. The van der Waals surface area contributed by atoms with Crippen molar-refractivity contribution in [3.05, 3.63) is 416 Å². The highest BCUT2D eigenvalue weighted by atomic mass is 15.1. The van der Waals surface area contributed by atoms with Crippen LogP contribution >= 0.6 is 0 Å². The Hall–Kier alpha value is -15.3. The minimum Gasteiger partial charge on any atom is -0.309 e. The van der Waals surface area contributed by atoms with Gasteiger partial charge < -0.3 is 18.1 Å². The Balaban J connectivity index is 0.000000104. The zero-order valence-corrected chi connectivity index (χ0v) is 68.4. The lowest BCUT2D eigenvalue weighted by atomic mass is 9.80. The molecule has 0 saturated carbocycles. The number of benzene rings is 15. The fourth-order valence-corrected chi connectivity index (χ4v) is 21.2. The Morgan fingerprint density at radius 2 is 0.656 bits per heavy atom. The predicted molar refractivity (Wildman–Crippen MR) is 505 cm³/mol. The van der Waals surface area contributed by atoms with Crippen LogP contribution in [0.4, 0.5) is 0 Å². The summed E-state index contributed by atoms with van der Waals surface area (Å²) in [5.41, 5.74) is 38.5. The molecule has 0 fully saturated rings. The zero-order chi connectivity index (χ0) is 81.4. The second kappa shape index (κ2) is 26.8. The topological polar surface area (TPSA) is 75.7 Å². The molecule has 8 heterocycles. The van der Waals surface area contributed by atoms with E-state index in [1.807, 2.05) is 42.7 Å².